The molecule has 0 atom stereocenters. The van der Waals surface area contributed by atoms with Gasteiger partial charge in [0, 0.05) is 44.5 Å². The fourth-order valence-corrected chi connectivity index (χ4v) is 3.41. The smallest absolute Gasteiger partial charge is 0.223 e. The monoisotopic (exact) mass is 354 g/mol. The van der Waals surface area contributed by atoms with Crippen LogP contribution in [0.15, 0.2) is 24.5 Å². The summed E-state index contributed by atoms with van der Waals surface area (Å²) < 4.78 is 3.93. The van der Waals surface area contributed by atoms with Crippen molar-refractivity contribution in [3.05, 3.63) is 36.2 Å². The van der Waals surface area contributed by atoms with Crippen LogP contribution >= 0.6 is 0 Å². The highest BCUT2D eigenvalue weighted by Crippen LogP contribution is 2.29. The van der Waals surface area contributed by atoms with Gasteiger partial charge in [-0.2, -0.15) is 15.1 Å². The predicted molar refractivity (Wildman–Crippen MR) is 97.4 cm³/mol. The molecular weight excluding hydrogens is 332 g/mol. The molecule has 1 saturated heterocycles. The van der Waals surface area contributed by atoms with Gasteiger partial charge >= 0.3 is 0 Å². The first-order valence-corrected chi connectivity index (χ1v) is 8.60. The Kier molecular flexibility index (Phi) is 4.15. The molecule has 0 radical (unpaired) electrons. The number of aromatic nitrogens is 7. The normalized spacial score (nSPS) is 15.5. The van der Waals surface area contributed by atoms with Crippen LogP contribution in [0.1, 0.15) is 30.4 Å². The molecule has 0 aliphatic carbocycles. The molecule has 1 aliphatic rings. The number of nitrogens with zero attached hydrogens (tertiary/aromatic N) is 8. The zero-order chi connectivity index (χ0) is 18.1. The lowest BCUT2D eigenvalue weighted by atomic mass is 9.96. The molecule has 0 spiro atoms. The van der Waals surface area contributed by atoms with Crippen LogP contribution in [0.5, 0.6) is 0 Å². The molecule has 0 aromatic carbocycles. The number of rotatable bonds is 4. The lowest BCUT2D eigenvalue weighted by molar-refractivity contribution is 0.469. The summed E-state index contributed by atoms with van der Waals surface area (Å²) in [6, 6.07) is 3.67. The Labute approximate surface area is 150 Å². The standard InChI is InChI=1S/C16H22N10/c1-24-14(10-26-6-2-5-19-26)22-23-15(24)11-3-7-25(8-4-11)13-9-12(17)20-16(18)21-13/h2,5-6,9,11H,3-4,7-8,10H2,1H3,(H4,17,18,20,21). The minimum atomic E-state index is 0.207. The van der Waals surface area contributed by atoms with Crippen LogP contribution in [0.4, 0.5) is 17.6 Å². The van der Waals surface area contributed by atoms with Gasteiger partial charge in [-0.1, -0.05) is 0 Å². The van der Waals surface area contributed by atoms with Crippen LogP contribution in [-0.2, 0) is 13.6 Å². The average Bonchev–Trinajstić information content (AvgIpc) is 3.25. The van der Waals surface area contributed by atoms with Gasteiger partial charge in [0.25, 0.3) is 0 Å². The van der Waals surface area contributed by atoms with Crippen molar-refractivity contribution in [3.8, 4) is 0 Å². The highest BCUT2D eigenvalue weighted by molar-refractivity contribution is 5.50. The molecular formula is C16H22N10. The Morgan fingerprint density at radius 1 is 1.15 bits per heavy atom. The summed E-state index contributed by atoms with van der Waals surface area (Å²) in [5.41, 5.74) is 11.5. The topological polar surface area (TPSA) is 130 Å². The lowest BCUT2D eigenvalue weighted by Gasteiger charge is -2.32. The average molecular weight is 354 g/mol. The van der Waals surface area contributed by atoms with E-state index in [1.807, 2.05) is 24.0 Å². The highest BCUT2D eigenvalue weighted by Gasteiger charge is 2.26. The second-order valence-corrected chi connectivity index (χ2v) is 6.51. The summed E-state index contributed by atoms with van der Waals surface area (Å²) in [6.07, 6.45) is 5.63. The van der Waals surface area contributed by atoms with Gasteiger partial charge in [-0.3, -0.25) is 4.68 Å². The molecule has 4 heterocycles. The summed E-state index contributed by atoms with van der Waals surface area (Å²) in [5, 5.41) is 13.0. The number of anilines is 3. The van der Waals surface area contributed by atoms with Gasteiger partial charge in [-0.15, -0.1) is 10.2 Å². The summed E-state index contributed by atoms with van der Waals surface area (Å²) in [7, 11) is 2.02. The summed E-state index contributed by atoms with van der Waals surface area (Å²) in [5.74, 6) is 3.68. The second kappa shape index (κ2) is 6.62. The third-order valence-electron chi connectivity index (χ3n) is 4.80. The molecule has 4 N–H and O–H groups in total. The number of nitrogen functional groups attached to an aromatic ring is 2. The first kappa shape index (κ1) is 16.3. The van der Waals surface area contributed by atoms with Crippen molar-refractivity contribution in [2.24, 2.45) is 7.05 Å². The van der Waals surface area contributed by atoms with E-state index in [9.17, 15) is 0 Å². The van der Waals surface area contributed by atoms with E-state index in [2.05, 4.69) is 34.7 Å². The Bertz CT molecular complexity index is 856. The van der Waals surface area contributed by atoms with Gasteiger partial charge in [-0.05, 0) is 18.9 Å². The van der Waals surface area contributed by atoms with Crippen molar-refractivity contribution in [1.29, 1.82) is 0 Å². The summed E-state index contributed by atoms with van der Waals surface area (Å²) in [4.78, 5) is 10.4. The Morgan fingerprint density at radius 3 is 2.65 bits per heavy atom. The van der Waals surface area contributed by atoms with Crippen LogP contribution in [0.3, 0.4) is 0 Å². The van der Waals surface area contributed by atoms with Gasteiger partial charge in [0.15, 0.2) is 5.82 Å². The fraction of sp³-hybridized carbons (Fsp3) is 0.438. The van der Waals surface area contributed by atoms with Gasteiger partial charge in [0.2, 0.25) is 5.95 Å². The second-order valence-electron chi connectivity index (χ2n) is 6.51. The van der Waals surface area contributed by atoms with Crippen LogP contribution in [0.2, 0.25) is 0 Å². The molecule has 3 aromatic rings. The summed E-state index contributed by atoms with van der Waals surface area (Å²) >= 11 is 0. The molecule has 26 heavy (non-hydrogen) atoms. The van der Waals surface area contributed by atoms with E-state index in [1.165, 1.54) is 0 Å². The maximum Gasteiger partial charge on any atom is 0.223 e. The van der Waals surface area contributed by atoms with E-state index < -0.39 is 0 Å². The van der Waals surface area contributed by atoms with Gasteiger partial charge < -0.3 is 20.9 Å². The molecule has 0 saturated carbocycles. The molecule has 10 nitrogen and oxygen atoms in total. The molecule has 0 unspecified atom stereocenters. The van der Waals surface area contributed by atoms with Gasteiger partial charge in [0.05, 0.1) is 0 Å². The highest BCUT2D eigenvalue weighted by atomic mass is 15.3. The third-order valence-corrected chi connectivity index (χ3v) is 4.80. The van der Waals surface area contributed by atoms with Crippen molar-refractivity contribution < 1.29 is 0 Å². The van der Waals surface area contributed by atoms with Crippen molar-refractivity contribution in [2.75, 3.05) is 29.5 Å². The van der Waals surface area contributed by atoms with E-state index in [1.54, 1.807) is 12.3 Å². The predicted octanol–water partition coefficient (Wildman–Crippen LogP) is 0.398. The van der Waals surface area contributed by atoms with Crippen molar-refractivity contribution in [1.82, 2.24) is 34.5 Å². The molecule has 0 amide bonds. The summed E-state index contributed by atoms with van der Waals surface area (Å²) in [6.45, 7) is 2.35. The number of hydrogen-bond acceptors (Lipinski definition) is 8. The molecule has 3 aromatic heterocycles. The van der Waals surface area contributed by atoms with E-state index in [0.29, 0.717) is 18.3 Å². The Hall–Kier alpha value is -3.17. The van der Waals surface area contributed by atoms with E-state index in [4.69, 9.17) is 11.5 Å². The molecule has 10 heteroatoms. The van der Waals surface area contributed by atoms with E-state index in [-0.39, 0.29) is 5.95 Å². The Morgan fingerprint density at radius 2 is 1.96 bits per heavy atom. The molecule has 0 bridgehead atoms. The van der Waals surface area contributed by atoms with Crippen molar-refractivity contribution in [2.45, 2.75) is 25.3 Å². The van der Waals surface area contributed by atoms with Crippen LogP contribution < -0.4 is 16.4 Å². The van der Waals surface area contributed by atoms with Crippen molar-refractivity contribution in [3.63, 3.8) is 0 Å². The van der Waals surface area contributed by atoms with Crippen LogP contribution in [0.25, 0.3) is 0 Å². The van der Waals surface area contributed by atoms with E-state index in [0.717, 1.165) is 43.4 Å². The van der Waals surface area contributed by atoms with Gasteiger partial charge in [0.1, 0.15) is 24.0 Å². The first-order valence-electron chi connectivity index (χ1n) is 8.60. The number of nitrogens with two attached hydrogens (primary N) is 2. The maximum absolute atomic E-state index is 5.78. The van der Waals surface area contributed by atoms with Gasteiger partial charge in [-0.25, -0.2) is 0 Å². The number of piperidine rings is 1. The minimum Gasteiger partial charge on any atom is -0.383 e. The minimum absolute atomic E-state index is 0.207. The van der Waals surface area contributed by atoms with Crippen LogP contribution in [0, 0.1) is 0 Å². The molecule has 4 rings (SSSR count). The SMILES string of the molecule is Cn1c(Cn2cccn2)nnc1C1CCN(c2cc(N)nc(N)n2)CC1. The first-order chi connectivity index (χ1) is 12.6. The third kappa shape index (κ3) is 3.17. The van der Waals surface area contributed by atoms with Crippen LogP contribution in [-0.4, -0.2) is 47.6 Å². The zero-order valence-corrected chi connectivity index (χ0v) is 14.7. The van der Waals surface area contributed by atoms with E-state index >= 15 is 0 Å². The zero-order valence-electron chi connectivity index (χ0n) is 14.7. The largest absolute Gasteiger partial charge is 0.383 e. The molecule has 1 aliphatic heterocycles. The Balaban J connectivity index is 1.44. The lowest BCUT2D eigenvalue weighted by Crippen LogP contribution is -2.34. The number of hydrogen-bond donors (Lipinski definition) is 2. The molecule has 1 fully saturated rings. The van der Waals surface area contributed by atoms with Crippen molar-refractivity contribution >= 4 is 17.6 Å². The maximum atomic E-state index is 5.78. The molecule has 136 valence electrons. The fourth-order valence-electron chi connectivity index (χ4n) is 3.41. The quantitative estimate of drug-likeness (QED) is 0.688.